The van der Waals surface area contributed by atoms with Crippen molar-refractivity contribution in [2.75, 3.05) is 0 Å². The first-order valence-electron chi connectivity index (χ1n) is 3.70. The Morgan fingerprint density at radius 2 is 1.77 bits per heavy atom. The lowest BCUT2D eigenvalue weighted by Gasteiger charge is -1.98. The smallest absolute Gasteiger partial charge is 0.288 e. The number of ketones is 1. The number of nitrogens with one attached hydrogen (secondary N) is 1. The molecule has 1 aromatic carbocycles. The van der Waals surface area contributed by atoms with Gasteiger partial charge in [-0.15, -0.1) is 0 Å². The van der Waals surface area contributed by atoms with Gasteiger partial charge < -0.3 is 0 Å². The van der Waals surface area contributed by atoms with Gasteiger partial charge >= 0.3 is 5.91 Å². The highest BCUT2D eigenvalue weighted by Gasteiger charge is 2.14. The summed E-state index contributed by atoms with van der Waals surface area (Å²) in [5.74, 6) is -1.77. The molecule has 0 spiro atoms. The standard InChI is InChI=1S/C9H9NO3/c1-6-2-4-7(5-3-6)8(11)9(12)10-13/h2-5,13H,1H3,(H,10,12). The molecule has 4 nitrogen and oxygen atoms in total. The Labute approximate surface area is 75.1 Å². The molecule has 0 aliphatic carbocycles. The second-order valence-corrected chi connectivity index (χ2v) is 2.64. The molecule has 68 valence electrons. The number of hydrogen-bond acceptors (Lipinski definition) is 3. The van der Waals surface area contributed by atoms with Crippen LogP contribution in [0.1, 0.15) is 15.9 Å². The molecule has 1 aromatic rings. The Balaban J connectivity index is 2.90. The van der Waals surface area contributed by atoms with Gasteiger partial charge in [0.05, 0.1) is 0 Å². The van der Waals surface area contributed by atoms with Gasteiger partial charge in [0.1, 0.15) is 0 Å². The van der Waals surface area contributed by atoms with Gasteiger partial charge in [-0.05, 0) is 6.92 Å². The van der Waals surface area contributed by atoms with E-state index in [0.717, 1.165) is 5.56 Å². The van der Waals surface area contributed by atoms with Crippen molar-refractivity contribution in [3.63, 3.8) is 0 Å². The van der Waals surface area contributed by atoms with Crippen molar-refractivity contribution < 1.29 is 14.8 Å². The maximum absolute atomic E-state index is 11.1. The first kappa shape index (κ1) is 9.41. The van der Waals surface area contributed by atoms with Crippen LogP contribution in [0.15, 0.2) is 24.3 Å². The number of aryl methyl sites for hydroxylation is 1. The first-order chi connectivity index (χ1) is 6.15. The Morgan fingerprint density at radius 1 is 1.23 bits per heavy atom. The zero-order valence-electron chi connectivity index (χ0n) is 7.07. The minimum absolute atomic E-state index is 0.261. The van der Waals surface area contributed by atoms with Gasteiger partial charge in [0, 0.05) is 5.56 Å². The summed E-state index contributed by atoms with van der Waals surface area (Å²) in [6.07, 6.45) is 0. The van der Waals surface area contributed by atoms with E-state index < -0.39 is 11.7 Å². The second-order valence-electron chi connectivity index (χ2n) is 2.64. The highest BCUT2D eigenvalue weighted by atomic mass is 16.5. The SMILES string of the molecule is Cc1ccc(C(=O)C(=O)NO)cc1. The average Bonchev–Trinajstić information content (AvgIpc) is 2.17. The summed E-state index contributed by atoms with van der Waals surface area (Å²) in [6.45, 7) is 1.88. The van der Waals surface area contributed by atoms with Gasteiger partial charge in [0.25, 0.3) is 5.78 Å². The second kappa shape index (κ2) is 3.82. The lowest BCUT2D eigenvalue weighted by molar-refractivity contribution is -0.124. The molecule has 1 rings (SSSR count). The summed E-state index contributed by atoms with van der Waals surface area (Å²) in [5, 5.41) is 8.20. The van der Waals surface area contributed by atoms with Crippen molar-refractivity contribution in [3.8, 4) is 0 Å². The van der Waals surface area contributed by atoms with E-state index in [4.69, 9.17) is 5.21 Å². The van der Waals surface area contributed by atoms with Crippen LogP contribution in [0.5, 0.6) is 0 Å². The Hall–Kier alpha value is -1.68. The fourth-order valence-corrected chi connectivity index (χ4v) is 0.887. The molecule has 2 N–H and O–H groups in total. The molecular weight excluding hydrogens is 170 g/mol. The fourth-order valence-electron chi connectivity index (χ4n) is 0.887. The van der Waals surface area contributed by atoms with Crippen LogP contribution in [0, 0.1) is 6.92 Å². The van der Waals surface area contributed by atoms with E-state index in [1.807, 2.05) is 6.92 Å². The molecule has 0 heterocycles. The van der Waals surface area contributed by atoms with E-state index in [9.17, 15) is 9.59 Å². The highest BCUT2D eigenvalue weighted by molar-refractivity contribution is 6.42. The van der Waals surface area contributed by atoms with Crippen LogP contribution in [-0.4, -0.2) is 16.9 Å². The van der Waals surface area contributed by atoms with Crippen molar-refractivity contribution in [2.45, 2.75) is 6.92 Å². The summed E-state index contributed by atoms with van der Waals surface area (Å²) < 4.78 is 0. The van der Waals surface area contributed by atoms with Gasteiger partial charge in [-0.3, -0.25) is 14.8 Å². The summed E-state index contributed by atoms with van der Waals surface area (Å²) >= 11 is 0. The molecule has 0 aromatic heterocycles. The summed E-state index contributed by atoms with van der Waals surface area (Å²) in [7, 11) is 0. The zero-order valence-corrected chi connectivity index (χ0v) is 7.07. The topological polar surface area (TPSA) is 66.4 Å². The molecule has 13 heavy (non-hydrogen) atoms. The lowest BCUT2D eigenvalue weighted by Crippen LogP contribution is -2.27. The van der Waals surface area contributed by atoms with Crippen LogP contribution in [0.2, 0.25) is 0 Å². The van der Waals surface area contributed by atoms with Crippen molar-refractivity contribution in [1.29, 1.82) is 0 Å². The third-order valence-electron chi connectivity index (χ3n) is 1.62. The monoisotopic (exact) mass is 179 g/mol. The quantitative estimate of drug-likeness (QED) is 0.303. The molecule has 0 radical (unpaired) electrons. The van der Waals surface area contributed by atoms with E-state index in [0.29, 0.717) is 0 Å². The normalized spacial score (nSPS) is 9.38. The molecule has 0 saturated carbocycles. The minimum atomic E-state index is -1.02. The van der Waals surface area contributed by atoms with Gasteiger partial charge in [0.15, 0.2) is 0 Å². The van der Waals surface area contributed by atoms with Crippen molar-refractivity contribution in [3.05, 3.63) is 35.4 Å². The summed E-state index contributed by atoms with van der Waals surface area (Å²) in [4.78, 5) is 21.8. The van der Waals surface area contributed by atoms with Gasteiger partial charge in [-0.2, -0.15) is 0 Å². The predicted molar refractivity (Wildman–Crippen MR) is 45.4 cm³/mol. The maximum atomic E-state index is 11.1. The highest BCUT2D eigenvalue weighted by Crippen LogP contribution is 2.03. The number of amides is 1. The van der Waals surface area contributed by atoms with Gasteiger partial charge in [0.2, 0.25) is 0 Å². The number of Topliss-reactive ketones (excluding diaryl/α,β-unsaturated/α-hetero) is 1. The van der Waals surface area contributed by atoms with E-state index in [2.05, 4.69) is 0 Å². The zero-order chi connectivity index (χ0) is 9.84. The van der Waals surface area contributed by atoms with Crippen LogP contribution in [0.3, 0.4) is 0 Å². The lowest BCUT2D eigenvalue weighted by atomic mass is 10.1. The minimum Gasteiger partial charge on any atom is -0.288 e. The molecule has 0 aliphatic rings. The van der Waals surface area contributed by atoms with Crippen LogP contribution in [0.4, 0.5) is 0 Å². The number of benzene rings is 1. The van der Waals surface area contributed by atoms with E-state index in [1.54, 1.807) is 12.1 Å². The molecule has 4 heteroatoms. The van der Waals surface area contributed by atoms with Crippen molar-refractivity contribution in [1.82, 2.24) is 5.48 Å². The van der Waals surface area contributed by atoms with Crippen molar-refractivity contribution >= 4 is 11.7 Å². The predicted octanol–water partition coefficient (Wildman–Crippen LogP) is 0.683. The summed E-state index contributed by atoms with van der Waals surface area (Å²) in [6, 6.07) is 6.51. The maximum Gasteiger partial charge on any atom is 0.315 e. The summed E-state index contributed by atoms with van der Waals surface area (Å²) in [5.41, 5.74) is 2.55. The number of hydrogen-bond donors (Lipinski definition) is 2. The van der Waals surface area contributed by atoms with Crippen LogP contribution >= 0.6 is 0 Å². The molecular formula is C9H9NO3. The van der Waals surface area contributed by atoms with Crippen LogP contribution < -0.4 is 5.48 Å². The molecule has 0 bridgehead atoms. The molecule has 0 fully saturated rings. The molecule has 0 unspecified atom stereocenters. The Kier molecular flexibility index (Phi) is 2.76. The molecule has 0 aliphatic heterocycles. The largest absolute Gasteiger partial charge is 0.315 e. The van der Waals surface area contributed by atoms with Gasteiger partial charge in [-0.1, -0.05) is 29.8 Å². The third-order valence-corrected chi connectivity index (χ3v) is 1.62. The Bertz CT molecular complexity index is 329. The fraction of sp³-hybridized carbons (Fsp3) is 0.111. The number of carbonyl (C=O) groups is 2. The van der Waals surface area contributed by atoms with E-state index >= 15 is 0 Å². The number of hydroxylamine groups is 1. The van der Waals surface area contributed by atoms with E-state index in [1.165, 1.54) is 17.6 Å². The van der Waals surface area contributed by atoms with Crippen LogP contribution in [0.25, 0.3) is 0 Å². The first-order valence-corrected chi connectivity index (χ1v) is 3.70. The third kappa shape index (κ3) is 2.13. The van der Waals surface area contributed by atoms with E-state index in [-0.39, 0.29) is 5.56 Å². The van der Waals surface area contributed by atoms with Crippen LogP contribution in [-0.2, 0) is 4.79 Å². The average molecular weight is 179 g/mol. The number of carbonyl (C=O) groups excluding carboxylic acids is 2. The van der Waals surface area contributed by atoms with Gasteiger partial charge in [-0.25, -0.2) is 5.48 Å². The molecule has 1 amide bonds. The number of rotatable bonds is 2. The molecule has 0 saturated heterocycles. The Morgan fingerprint density at radius 3 is 2.23 bits per heavy atom. The van der Waals surface area contributed by atoms with Crippen molar-refractivity contribution in [2.24, 2.45) is 0 Å². The molecule has 0 atom stereocenters.